The second-order valence-electron chi connectivity index (χ2n) is 8.71. The molecule has 3 aromatic carbocycles. The predicted molar refractivity (Wildman–Crippen MR) is 141 cm³/mol. The van der Waals surface area contributed by atoms with E-state index in [4.69, 9.17) is 0 Å². The molecule has 178 valence electrons. The molecule has 0 saturated carbocycles. The molecule has 0 unspecified atom stereocenters. The van der Waals surface area contributed by atoms with Crippen LogP contribution in [0.25, 0.3) is 16.9 Å². The lowest BCUT2D eigenvalue weighted by atomic mass is 10.0. The summed E-state index contributed by atoms with van der Waals surface area (Å²) in [5, 5.41) is 3.12. The molecule has 0 radical (unpaired) electrons. The van der Waals surface area contributed by atoms with E-state index in [1.807, 2.05) is 62.4 Å². The van der Waals surface area contributed by atoms with Gasteiger partial charge in [-0.3, -0.25) is 19.5 Å². The second kappa shape index (κ2) is 10.7. The Morgan fingerprint density at radius 3 is 2.11 bits per heavy atom. The monoisotopic (exact) mass is 531 g/mol. The molecule has 1 heterocycles. The van der Waals surface area contributed by atoms with Crippen molar-refractivity contribution in [1.82, 2.24) is 14.7 Å². The Hall–Kier alpha value is -3.71. The van der Waals surface area contributed by atoms with Crippen molar-refractivity contribution in [3.8, 4) is 16.9 Å². The maximum absolute atomic E-state index is 13.7. The zero-order chi connectivity index (χ0) is 24.9. The van der Waals surface area contributed by atoms with Crippen molar-refractivity contribution < 1.29 is 9.59 Å². The molecule has 0 aliphatic carbocycles. The normalized spacial score (nSPS) is 11.0. The Morgan fingerprint density at radius 1 is 0.914 bits per heavy atom. The maximum Gasteiger partial charge on any atom is 0.282 e. The number of para-hydroxylation sites is 1. The van der Waals surface area contributed by atoms with Gasteiger partial charge in [0, 0.05) is 22.1 Å². The van der Waals surface area contributed by atoms with Crippen molar-refractivity contribution >= 4 is 27.6 Å². The Bertz CT molecular complexity index is 1370. The topological polar surface area (TPSA) is 75.2 Å². The number of carbonyl (C=O) groups excluding carboxylic acids is 2. The maximum atomic E-state index is 13.7. The first-order valence-electron chi connectivity index (χ1n) is 11.4. The van der Waals surface area contributed by atoms with Crippen LogP contribution in [-0.2, 0) is 0 Å². The molecule has 1 N–H and O–H groups in total. The van der Waals surface area contributed by atoms with Crippen LogP contribution < -0.4 is 5.56 Å². The third kappa shape index (κ3) is 5.52. The summed E-state index contributed by atoms with van der Waals surface area (Å²) in [4.78, 5) is 42.0. The van der Waals surface area contributed by atoms with Crippen LogP contribution in [0.4, 0.5) is 0 Å². The summed E-state index contributed by atoms with van der Waals surface area (Å²) in [6.45, 7) is 4.16. The van der Waals surface area contributed by atoms with Gasteiger partial charge in [0.2, 0.25) is 0 Å². The number of H-pyrrole nitrogens is 1. The van der Waals surface area contributed by atoms with Gasteiger partial charge in [0.25, 0.3) is 11.5 Å². The fourth-order valence-electron chi connectivity index (χ4n) is 3.96. The van der Waals surface area contributed by atoms with Crippen LogP contribution in [0.15, 0.2) is 94.2 Å². The van der Waals surface area contributed by atoms with Crippen molar-refractivity contribution in [2.45, 2.75) is 13.8 Å². The van der Waals surface area contributed by atoms with Crippen molar-refractivity contribution in [2.75, 3.05) is 13.1 Å². The summed E-state index contributed by atoms with van der Waals surface area (Å²) in [6.07, 6.45) is 0. The summed E-state index contributed by atoms with van der Waals surface area (Å²) >= 11 is 3.38. The van der Waals surface area contributed by atoms with Gasteiger partial charge in [-0.1, -0.05) is 78.3 Å². The number of aromatic amines is 1. The average Bonchev–Trinajstić information content (AvgIpc) is 3.21. The van der Waals surface area contributed by atoms with Gasteiger partial charge in [-0.25, -0.2) is 4.68 Å². The lowest BCUT2D eigenvalue weighted by Crippen LogP contribution is -2.39. The summed E-state index contributed by atoms with van der Waals surface area (Å²) < 4.78 is 2.24. The van der Waals surface area contributed by atoms with Gasteiger partial charge in [0.15, 0.2) is 5.78 Å². The number of amides is 1. The van der Waals surface area contributed by atoms with Crippen molar-refractivity contribution in [3.05, 3.63) is 111 Å². The lowest BCUT2D eigenvalue weighted by Gasteiger charge is -2.24. The van der Waals surface area contributed by atoms with Gasteiger partial charge < -0.3 is 4.90 Å². The number of rotatable bonds is 8. The van der Waals surface area contributed by atoms with E-state index < -0.39 is 11.3 Å². The van der Waals surface area contributed by atoms with E-state index in [2.05, 4.69) is 21.0 Å². The molecule has 6 nitrogen and oxygen atoms in total. The molecule has 0 bridgehead atoms. The van der Waals surface area contributed by atoms with Gasteiger partial charge in [-0.15, -0.1) is 0 Å². The lowest BCUT2D eigenvalue weighted by molar-refractivity contribution is 0.0691. The molecule has 1 amide bonds. The zero-order valence-corrected chi connectivity index (χ0v) is 21.2. The van der Waals surface area contributed by atoms with E-state index in [1.165, 1.54) is 9.58 Å². The molecule has 4 rings (SSSR count). The van der Waals surface area contributed by atoms with Gasteiger partial charge in [-0.05, 0) is 42.3 Å². The molecule has 0 spiro atoms. The highest BCUT2D eigenvalue weighted by molar-refractivity contribution is 9.10. The van der Waals surface area contributed by atoms with Crippen molar-refractivity contribution in [3.63, 3.8) is 0 Å². The van der Waals surface area contributed by atoms with Crippen LogP contribution in [0.2, 0.25) is 0 Å². The fraction of sp³-hybridized carbons (Fsp3) is 0.179. The van der Waals surface area contributed by atoms with E-state index >= 15 is 0 Å². The number of nitrogens with zero attached hydrogens (tertiary/aromatic N) is 2. The Balaban J connectivity index is 1.75. The first-order valence-corrected chi connectivity index (χ1v) is 12.2. The van der Waals surface area contributed by atoms with Crippen LogP contribution in [0.3, 0.4) is 0 Å². The van der Waals surface area contributed by atoms with Crippen LogP contribution in [0.1, 0.15) is 34.6 Å². The minimum absolute atomic E-state index is 0.0393. The fourth-order valence-corrected chi connectivity index (χ4v) is 4.22. The van der Waals surface area contributed by atoms with Gasteiger partial charge in [0.1, 0.15) is 5.56 Å². The van der Waals surface area contributed by atoms with Gasteiger partial charge in [-0.2, -0.15) is 0 Å². The Kier molecular flexibility index (Phi) is 7.46. The Labute approximate surface area is 212 Å². The van der Waals surface area contributed by atoms with Crippen LogP contribution in [0.5, 0.6) is 0 Å². The summed E-state index contributed by atoms with van der Waals surface area (Å²) in [6, 6.07) is 25.4. The number of aromatic nitrogens is 2. The highest BCUT2D eigenvalue weighted by atomic mass is 79.9. The SMILES string of the molecule is CC(C)CN(CC(=O)c1c(-c2ccccc2)[nH]n(-c2ccccc2)c1=O)C(=O)c1ccc(Br)cc1. The number of benzene rings is 3. The minimum atomic E-state index is -0.444. The van der Waals surface area contributed by atoms with Crippen molar-refractivity contribution in [2.24, 2.45) is 5.92 Å². The summed E-state index contributed by atoms with van der Waals surface area (Å²) in [5.74, 6) is -0.520. The average molecular weight is 532 g/mol. The number of hydrogen-bond acceptors (Lipinski definition) is 3. The van der Waals surface area contributed by atoms with E-state index in [1.54, 1.807) is 36.4 Å². The van der Waals surface area contributed by atoms with Gasteiger partial charge >= 0.3 is 0 Å². The number of hydrogen-bond donors (Lipinski definition) is 1. The number of carbonyl (C=O) groups is 2. The third-order valence-corrected chi connectivity index (χ3v) is 6.07. The molecule has 4 aromatic rings. The number of Topliss-reactive ketones (excluding diaryl/α,β-unsaturated/α-hetero) is 1. The molecular weight excluding hydrogens is 506 g/mol. The summed E-state index contributed by atoms with van der Waals surface area (Å²) in [7, 11) is 0. The smallest absolute Gasteiger partial charge is 0.282 e. The predicted octanol–water partition coefficient (Wildman–Crippen LogP) is 5.58. The first kappa shape index (κ1) is 24.4. The molecule has 0 fully saturated rings. The van der Waals surface area contributed by atoms with E-state index in [9.17, 15) is 14.4 Å². The van der Waals surface area contributed by atoms with Crippen molar-refractivity contribution in [1.29, 1.82) is 0 Å². The highest BCUT2D eigenvalue weighted by Gasteiger charge is 2.27. The van der Waals surface area contributed by atoms with Crippen LogP contribution in [0, 0.1) is 5.92 Å². The largest absolute Gasteiger partial charge is 0.331 e. The molecule has 7 heteroatoms. The molecule has 1 aromatic heterocycles. The number of nitrogens with one attached hydrogen (secondary N) is 1. The standard InChI is InChI=1S/C28H26BrN3O3/c1-19(2)17-31(27(34)21-13-15-22(29)16-14-21)18-24(33)25-26(20-9-5-3-6-10-20)30-32(28(25)35)23-11-7-4-8-12-23/h3-16,19,30H,17-18H2,1-2H3. The summed E-state index contributed by atoms with van der Waals surface area (Å²) in [5.41, 5.74) is 1.86. The second-order valence-corrected chi connectivity index (χ2v) is 9.63. The quantitative estimate of drug-likeness (QED) is 0.301. The van der Waals surface area contributed by atoms with Crippen LogP contribution >= 0.6 is 15.9 Å². The number of ketones is 1. The van der Waals surface area contributed by atoms with E-state index in [-0.39, 0.29) is 23.9 Å². The molecule has 0 atom stereocenters. The molecular formula is C28H26BrN3O3. The minimum Gasteiger partial charge on any atom is -0.331 e. The zero-order valence-electron chi connectivity index (χ0n) is 19.6. The molecule has 0 aliphatic heterocycles. The van der Waals surface area contributed by atoms with E-state index in [0.717, 1.165) is 10.0 Å². The Morgan fingerprint density at radius 2 is 1.51 bits per heavy atom. The number of halogens is 1. The highest BCUT2D eigenvalue weighted by Crippen LogP contribution is 2.22. The van der Waals surface area contributed by atoms with Crippen LogP contribution in [-0.4, -0.2) is 39.5 Å². The van der Waals surface area contributed by atoms with Gasteiger partial charge in [0.05, 0.1) is 17.9 Å². The third-order valence-electron chi connectivity index (χ3n) is 5.54. The molecule has 0 saturated heterocycles. The molecule has 0 aliphatic rings. The van der Waals surface area contributed by atoms with E-state index in [0.29, 0.717) is 23.5 Å². The molecule has 35 heavy (non-hydrogen) atoms. The first-order chi connectivity index (χ1) is 16.8.